The Hall–Kier alpha value is -3.46. The number of hydrogen-bond donors (Lipinski definition) is 1. The molecule has 0 aliphatic heterocycles. The fourth-order valence-electron chi connectivity index (χ4n) is 2.19. The van der Waals surface area contributed by atoms with Gasteiger partial charge in [-0.15, -0.1) is 0 Å². The molecular formula is C19H18N2O4. The zero-order valence-electron chi connectivity index (χ0n) is 14.2. The Morgan fingerprint density at radius 3 is 2.40 bits per heavy atom. The summed E-state index contributed by atoms with van der Waals surface area (Å²) in [5, 5.41) is 12.0. The highest BCUT2D eigenvalue weighted by Gasteiger charge is 2.13. The molecular weight excluding hydrogens is 320 g/mol. The maximum atomic E-state index is 12.4. The Morgan fingerprint density at radius 2 is 1.76 bits per heavy atom. The van der Waals surface area contributed by atoms with Gasteiger partial charge in [0.25, 0.3) is 5.91 Å². The minimum atomic E-state index is -0.545. The van der Waals surface area contributed by atoms with Gasteiger partial charge in [0.1, 0.15) is 28.9 Å². The highest BCUT2D eigenvalue weighted by molar-refractivity contribution is 6.10. The minimum Gasteiger partial charge on any atom is -0.497 e. The van der Waals surface area contributed by atoms with Crippen molar-refractivity contribution in [2.45, 2.75) is 0 Å². The van der Waals surface area contributed by atoms with Crippen LogP contribution in [0.15, 0.2) is 48.0 Å². The molecule has 0 aromatic heterocycles. The van der Waals surface area contributed by atoms with Crippen molar-refractivity contribution >= 4 is 17.7 Å². The lowest BCUT2D eigenvalue weighted by Gasteiger charge is -2.10. The smallest absolute Gasteiger partial charge is 0.266 e. The summed E-state index contributed by atoms with van der Waals surface area (Å²) >= 11 is 0. The third-order valence-corrected chi connectivity index (χ3v) is 3.46. The molecule has 1 amide bonds. The minimum absolute atomic E-state index is 0.0718. The molecule has 6 nitrogen and oxygen atoms in total. The maximum absolute atomic E-state index is 12.4. The second kappa shape index (κ2) is 8.41. The van der Waals surface area contributed by atoms with Crippen molar-refractivity contribution in [2.24, 2.45) is 0 Å². The van der Waals surface area contributed by atoms with Crippen molar-refractivity contribution in [2.75, 3.05) is 26.6 Å². The van der Waals surface area contributed by atoms with Gasteiger partial charge in [-0.1, -0.05) is 12.1 Å². The molecule has 0 atom stereocenters. The van der Waals surface area contributed by atoms with Crippen LogP contribution in [0.25, 0.3) is 6.08 Å². The van der Waals surface area contributed by atoms with Gasteiger partial charge < -0.3 is 19.5 Å². The number of anilines is 1. The van der Waals surface area contributed by atoms with Gasteiger partial charge in [-0.05, 0) is 36.4 Å². The van der Waals surface area contributed by atoms with E-state index in [4.69, 9.17) is 14.2 Å². The number of nitrogens with zero attached hydrogens (tertiary/aromatic N) is 1. The van der Waals surface area contributed by atoms with Crippen LogP contribution in [0.5, 0.6) is 17.2 Å². The number of rotatable bonds is 6. The fraction of sp³-hybridized carbons (Fsp3) is 0.158. The first-order valence-corrected chi connectivity index (χ1v) is 7.41. The molecule has 2 rings (SSSR count). The van der Waals surface area contributed by atoms with Crippen LogP contribution in [-0.2, 0) is 4.79 Å². The third kappa shape index (κ3) is 4.30. The van der Waals surface area contributed by atoms with Gasteiger partial charge in [0.05, 0.1) is 27.0 Å². The molecule has 0 fully saturated rings. The molecule has 0 saturated carbocycles. The second-order valence-corrected chi connectivity index (χ2v) is 4.93. The second-order valence-electron chi connectivity index (χ2n) is 4.93. The first-order chi connectivity index (χ1) is 12.1. The first-order valence-electron chi connectivity index (χ1n) is 7.41. The van der Waals surface area contributed by atoms with E-state index in [1.54, 1.807) is 42.5 Å². The summed E-state index contributed by atoms with van der Waals surface area (Å²) in [4.78, 5) is 12.4. The number of amides is 1. The van der Waals surface area contributed by atoms with Crippen LogP contribution in [0.3, 0.4) is 0 Å². The van der Waals surface area contributed by atoms with Crippen molar-refractivity contribution < 1.29 is 19.0 Å². The van der Waals surface area contributed by atoms with E-state index in [2.05, 4.69) is 5.32 Å². The largest absolute Gasteiger partial charge is 0.497 e. The summed E-state index contributed by atoms with van der Waals surface area (Å²) < 4.78 is 15.6. The average Bonchev–Trinajstić information content (AvgIpc) is 2.66. The number of carbonyl (C=O) groups excluding carboxylic acids is 1. The Labute approximate surface area is 146 Å². The summed E-state index contributed by atoms with van der Waals surface area (Å²) in [6.45, 7) is 0. The molecule has 0 spiro atoms. The fourth-order valence-corrected chi connectivity index (χ4v) is 2.19. The number of para-hydroxylation sites is 2. The van der Waals surface area contributed by atoms with E-state index in [0.717, 1.165) is 0 Å². The van der Waals surface area contributed by atoms with Crippen molar-refractivity contribution in [1.82, 2.24) is 0 Å². The van der Waals surface area contributed by atoms with Crippen LogP contribution < -0.4 is 19.5 Å². The summed E-state index contributed by atoms with van der Waals surface area (Å²) in [5.41, 5.74) is 0.972. The van der Waals surface area contributed by atoms with Crippen molar-refractivity contribution in [3.05, 3.63) is 53.6 Å². The van der Waals surface area contributed by atoms with E-state index in [-0.39, 0.29) is 5.57 Å². The Bertz CT molecular complexity index is 838. The zero-order valence-corrected chi connectivity index (χ0v) is 14.2. The summed E-state index contributed by atoms with van der Waals surface area (Å²) in [7, 11) is 4.56. The average molecular weight is 338 g/mol. The predicted octanol–water partition coefficient (Wildman–Crippen LogP) is 3.26. The van der Waals surface area contributed by atoms with Crippen LogP contribution >= 0.6 is 0 Å². The SMILES string of the molecule is COc1ccc(OC)c(C=C(C#N)C(=O)Nc2ccccc2OC)c1. The molecule has 0 radical (unpaired) electrons. The molecule has 25 heavy (non-hydrogen) atoms. The Morgan fingerprint density at radius 1 is 1.04 bits per heavy atom. The lowest BCUT2D eigenvalue weighted by atomic mass is 10.1. The van der Waals surface area contributed by atoms with E-state index in [1.807, 2.05) is 6.07 Å². The van der Waals surface area contributed by atoms with Crippen molar-refractivity contribution in [3.63, 3.8) is 0 Å². The van der Waals surface area contributed by atoms with E-state index < -0.39 is 5.91 Å². The number of ether oxygens (including phenoxy) is 3. The maximum Gasteiger partial charge on any atom is 0.266 e. The molecule has 0 aliphatic rings. The van der Waals surface area contributed by atoms with Gasteiger partial charge in [0.15, 0.2) is 0 Å². The van der Waals surface area contributed by atoms with Gasteiger partial charge in [0, 0.05) is 5.56 Å². The van der Waals surface area contributed by atoms with Crippen LogP contribution in [0.2, 0.25) is 0 Å². The zero-order chi connectivity index (χ0) is 18.2. The lowest BCUT2D eigenvalue weighted by Crippen LogP contribution is -2.14. The van der Waals surface area contributed by atoms with Crippen molar-refractivity contribution in [3.8, 4) is 23.3 Å². The van der Waals surface area contributed by atoms with Crippen LogP contribution in [-0.4, -0.2) is 27.2 Å². The quantitative estimate of drug-likeness (QED) is 0.646. The van der Waals surface area contributed by atoms with Gasteiger partial charge >= 0.3 is 0 Å². The van der Waals surface area contributed by atoms with Crippen LogP contribution in [0.1, 0.15) is 5.56 Å². The number of hydrogen-bond acceptors (Lipinski definition) is 5. The summed E-state index contributed by atoms with van der Waals surface area (Å²) in [6, 6.07) is 14.0. The Kier molecular flexibility index (Phi) is 6.02. The molecule has 0 saturated heterocycles. The van der Waals surface area contributed by atoms with Crippen molar-refractivity contribution in [1.29, 1.82) is 5.26 Å². The molecule has 0 bridgehead atoms. The van der Waals surface area contributed by atoms with Gasteiger partial charge in [0.2, 0.25) is 0 Å². The van der Waals surface area contributed by atoms with E-state index in [1.165, 1.54) is 27.4 Å². The molecule has 128 valence electrons. The monoisotopic (exact) mass is 338 g/mol. The van der Waals surface area contributed by atoms with E-state index in [0.29, 0.717) is 28.5 Å². The number of carbonyl (C=O) groups is 1. The number of benzene rings is 2. The number of nitriles is 1. The highest BCUT2D eigenvalue weighted by Crippen LogP contribution is 2.27. The molecule has 0 heterocycles. The van der Waals surface area contributed by atoms with E-state index in [9.17, 15) is 10.1 Å². The predicted molar refractivity (Wildman–Crippen MR) is 94.8 cm³/mol. The third-order valence-electron chi connectivity index (χ3n) is 3.46. The standard InChI is InChI=1S/C19H18N2O4/c1-23-15-8-9-17(24-2)13(11-15)10-14(12-20)19(22)21-16-6-4-5-7-18(16)25-3/h4-11H,1-3H3,(H,21,22). The van der Waals surface area contributed by atoms with Gasteiger partial charge in [-0.25, -0.2) is 0 Å². The molecule has 1 N–H and O–H groups in total. The molecule has 0 unspecified atom stereocenters. The molecule has 2 aromatic carbocycles. The highest BCUT2D eigenvalue weighted by atomic mass is 16.5. The van der Waals surface area contributed by atoms with Crippen LogP contribution in [0.4, 0.5) is 5.69 Å². The van der Waals surface area contributed by atoms with Gasteiger partial charge in [-0.2, -0.15) is 5.26 Å². The molecule has 2 aromatic rings. The first kappa shape index (κ1) is 17.9. The lowest BCUT2D eigenvalue weighted by molar-refractivity contribution is -0.112. The summed E-state index contributed by atoms with van der Waals surface area (Å²) in [5.74, 6) is 1.08. The van der Waals surface area contributed by atoms with E-state index >= 15 is 0 Å². The van der Waals surface area contributed by atoms with Crippen LogP contribution in [0, 0.1) is 11.3 Å². The van der Waals surface area contributed by atoms with Gasteiger partial charge in [-0.3, -0.25) is 4.79 Å². The summed E-state index contributed by atoms with van der Waals surface area (Å²) in [6.07, 6.45) is 1.45. The Balaban J connectivity index is 2.34. The number of methoxy groups -OCH3 is 3. The molecule has 6 heteroatoms. The normalized spacial score (nSPS) is 10.6. The molecule has 0 aliphatic carbocycles. The topological polar surface area (TPSA) is 80.6 Å². The number of nitrogens with one attached hydrogen (secondary N) is 1.